The summed E-state index contributed by atoms with van der Waals surface area (Å²) in [6.07, 6.45) is 12.0. The number of unbranched alkanes of at least 4 members (excludes halogenated alkanes) is 2. The van der Waals surface area contributed by atoms with E-state index in [9.17, 15) is 8.78 Å². The number of benzene rings is 2. The lowest BCUT2D eigenvalue weighted by atomic mass is 9.78. The number of allylic oxidation sites excluding steroid dienone is 2. The average molecular weight is 405 g/mol. The highest BCUT2D eigenvalue weighted by atomic mass is 19.3. The first-order valence-corrected chi connectivity index (χ1v) is 10.9. The Labute approximate surface area is 172 Å². The number of hydrogen-bond acceptors (Lipinski definition) is 1. The van der Waals surface area contributed by atoms with E-state index in [-0.39, 0.29) is 11.3 Å². The summed E-state index contributed by atoms with van der Waals surface area (Å²) in [6, 6.07) is 7.39. The van der Waals surface area contributed by atoms with E-state index in [1.165, 1.54) is 0 Å². The third kappa shape index (κ3) is 5.34. The second-order valence-electron chi connectivity index (χ2n) is 8.12. The molecule has 0 atom stereocenters. The lowest BCUT2D eigenvalue weighted by molar-refractivity contribution is -0.0505. The van der Waals surface area contributed by atoms with Gasteiger partial charge in [-0.1, -0.05) is 50.1 Å². The Morgan fingerprint density at radius 3 is 2.52 bits per heavy atom. The van der Waals surface area contributed by atoms with E-state index in [2.05, 4.69) is 26.0 Å². The molecule has 0 amide bonds. The molecule has 4 heteroatoms. The third-order valence-corrected chi connectivity index (χ3v) is 6.12. The molecule has 1 saturated carbocycles. The summed E-state index contributed by atoms with van der Waals surface area (Å²) in [4.78, 5) is 0. The van der Waals surface area contributed by atoms with Crippen LogP contribution in [0.3, 0.4) is 0 Å². The molecule has 0 radical (unpaired) electrons. The van der Waals surface area contributed by atoms with Gasteiger partial charge in [-0.05, 0) is 74.3 Å². The Morgan fingerprint density at radius 2 is 1.86 bits per heavy atom. The molecule has 1 nitrogen and oxygen atoms in total. The third-order valence-electron chi connectivity index (χ3n) is 6.12. The molecule has 2 aromatic rings. The quantitative estimate of drug-likeness (QED) is 0.318. The van der Waals surface area contributed by atoms with Crippen molar-refractivity contribution in [1.29, 1.82) is 0 Å². The first kappa shape index (κ1) is 21.7. The van der Waals surface area contributed by atoms with E-state index in [4.69, 9.17) is 4.74 Å². The number of fused-ring (bicyclic) bond motifs is 1. The molecule has 0 saturated heterocycles. The zero-order valence-corrected chi connectivity index (χ0v) is 17.4. The van der Waals surface area contributed by atoms with Crippen molar-refractivity contribution >= 4 is 10.8 Å². The Bertz CT molecular complexity index is 836. The molecule has 2 aromatic carbocycles. The van der Waals surface area contributed by atoms with Crippen LogP contribution in [0.2, 0.25) is 0 Å². The van der Waals surface area contributed by atoms with E-state index < -0.39 is 12.4 Å². The average Bonchev–Trinajstić information content (AvgIpc) is 2.70. The zero-order chi connectivity index (χ0) is 20.8. The molecule has 1 fully saturated rings. The number of halogens is 3. The zero-order valence-electron chi connectivity index (χ0n) is 17.4. The Hall–Kier alpha value is -1.97. The first-order valence-electron chi connectivity index (χ1n) is 10.9. The van der Waals surface area contributed by atoms with Crippen molar-refractivity contribution in [2.24, 2.45) is 5.92 Å². The van der Waals surface area contributed by atoms with Gasteiger partial charge in [0.05, 0.1) is 0 Å². The van der Waals surface area contributed by atoms with Crippen molar-refractivity contribution in [3.63, 3.8) is 0 Å². The standard InChI is InChI=1S/C25H31F3O/c1-3-5-6-8-22-23(29-25(27)28)16-20-15-19(13-14-21(20)24(22)26)18-11-9-17(7-4-2)10-12-18/h4,7,13-18,25H,3,5-6,8-12H2,1-2H3/b7-4+. The van der Waals surface area contributed by atoms with Crippen LogP contribution in [0.25, 0.3) is 10.8 Å². The van der Waals surface area contributed by atoms with E-state index in [1.54, 1.807) is 6.07 Å². The van der Waals surface area contributed by atoms with Crippen LogP contribution in [0.4, 0.5) is 13.2 Å². The van der Waals surface area contributed by atoms with Crippen LogP contribution in [-0.4, -0.2) is 6.61 Å². The molecule has 0 aromatic heterocycles. The van der Waals surface area contributed by atoms with E-state index in [0.717, 1.165) is 50.5 Å². The maximum absolute atomic E-state index is 15.2. The lowest BCUT2D eigenvalue weighted by Gasteiger charge is -2.27. The fraction of sp³-hybridized carbons (Fsp3) is 0.520. The second kappa shape index (κ2) is 10.2. The summed E-state index contributed by atoms with van der Waals surface area (Å²) in [5.74, 6) is 0.645. The SMILES string of the molecule is C/C=C/C1CCC(c2ccc3c(F)c(CCCCC)c(OC(F)F)cc3c2)CC1. The predicted octanol–water partition coefficient (Wildman–Crippen LogP) is 8.16. The molecule has 0 heterocycles. The van der Waals surface area contributed by atoms with Crippen molar-refractivity contribution in [3.05, 3.63) is 53.4 Å². The molecule has 0 aliphatic heterocycles. The maximum atomic E-state index is 15.2. The van der Waals surface area contributed by atoms with Crippen LogP contribution in [0.15, 0.2) is 36.4 Å². The normalized spacial score (nSPS) is 20.1. The highest BCUT2D eigenvalue weighted by Crippen LogP contribution is 2.39. The molecule has 158 valence electrons. The van der Waals surface area contributed by atoms with Gasteiger partial charge in [-0.15, -0.1) is 0 Å². The summed E-state index contributed by atoms with van der Waals surface area (Å²) in [7, 11) is 0. The molecular weight excluding hydrogens is 373 g/mol. The Kier molecular flexibility index (Phi) is 7.63. The van der Waals surface area contributed by atoms with E-state index in [0.29, 0.717) is 29.0 Å². The second-order valence-corrected chi connectivity index (χ2v) is 8.12. The van der Waals surface area contributed by atoms with Crippen molar-refractivity contribution in [2.75, 3.05) is 0 Å². The smallest absolute Gasteiger partial charge is 0.387 e. The molecule has 3 rings (SSSR count). The highest BCUT2D eigenvalue weighted by molar-refractivity contribution is 5.86. The van der Waals surface area contributed by atoms with Gasteiger partial charge in [0, 0.05) is 10.9 Å². The van der Waals surface area contributed by atoms with Crippen molar-refractivity contribution in [3.8, 4) is 5.75 Å². The summed E-state index contributed by atoms with van der Waals surface area (Å²) in [5, 5.41) is 1.13. The molecule has 0 spiro atoms. The summed E-state index contributed by atoms with van der Waals surface area (Å²) < 4.78 is 45.8. The van der Waals surface area contributed by atoms with Gasteiger partial charge in [-0.3, -0.25) is 0 Å². The van der Waals surface area contributed by atoms with Gasteiger partial charge >= 0.3 is 6.61 Å². The molecule has 1 aliphatic rings. The monoisotopic (exact) mass is 404 g/mol. The fourth-order valence-electron chi connectivity index (χ4n) is 4.56. The van der Waals surface area contributed by atoms with Crippen LogP contribution in [0, 0.1) is 11.7 Å². The van der Waals surface area contributed by atoms with Crippen LogP contribution in [0.5, 0.6) is 5.75 Å². The van der Waals surface area contributed by atoms with Crippen LogP contribution < -0.4 is 4.74 Å². The largest absolute Gasteiger partial charge is 0.434 e. The number of ether oxygens (including phenoxy) is 1. The molecule has 0 N–H and O–H groups in total. The van der Waals surface area contributed by atoms with E-state index >= 15 is 4.39 Å². The van der Waals surface area contributed by atoms with Gasteiger partial charge in [-0.2, -0.15) is 8.78 Å². The van der Waals surface area contributed by atoms with Crippen LogP contribution in [-0.2, 0) is 6.42 Å². The number of hydrogen-bond donors (Lipinski definition) is 0. The van der Waals surface area contributed by atoms with Crippen LogP contribution in [0.1, 0.15) is 75.8 Å². The first-order chi connectivity index (χ1) is 14.0. The van der Waals surface area contributed by atoms with Crippen LogP contribution >= 0.6 is 0 Å². The number of alkyl halides is 2. The summed E-state index contributed by atoms with van der Waals surface area (Å²) in [6.45, 7) is 1.15. The lowest BCUT2D eigenvalue weighted by Crippen LogP contribution is -2.12. The minimum atomic E-state index is -2.96. The summed E-state index contributed by atoms with van der Waals surface area (Å²) >= 11 is 0. The predicted molar refractivity (Wildman–Crippen MR) is 113 cm³/mol. The maximum Gasteiger partial charge on any atom is 0.387 e. The van der Waals surface area contributed by atoms with Gasteiger partial charge in [-0.25, -0.2) is 4.39 Å². The van der Waals surface area contributed by atoms with Gasteiger partial charge in [0.1, 0.15) is 11.6 Å². The topological polar surface area (TPSA) is 9.23 Å². The van der Waals surface area contributed by atoms with E-state index in [1.807, 2.05) is 18.2 Å². The Morgan fingerprint density at radius 1 is 1.10 bits per heavy atom. The van der Waals surface area contributed by atoms with Gasteiger partial charge in [0.15, 0.2) is 0 Å². The Balaban J connectivity index is 1.90. The van der Waals surface area contributed by atoms with Gasteiger partial charge in [0.25, 0.3) is 0 Å². The molecular formula is C25H31F3O. The minimum Gasteiger partial charge on any atom is -0.434 e. The minimum absolute atomic E-state index is 0.0185. The summed E-state index contributed by atoms with van der Waals surface area (Å²) in [5.41, 5.74) is 1.43. The van der Waals surface area contributed by atoms with Crippen molar-refractivity contribution in [2.45, 2.75) is 77.7 Å². The van der Waals surface area contributed by atoms with Gasteiger partial charge in [0.2, 0.25) is 0 Å². The molecule has 0 bridgehead atoms. The van der Waals surface area contributed by atoms with Crippen molar-refractivity contribution < 1.29 is 17.9 Å². The van der Waals surface area contributed by atoms with Crippen molar-refractivity contribution in [1.82, 2.24) is 0 Å². The highest BCUT2D eigenvalue weighted by Gasteiger charge is 2.22. The molecule has 0 unspecified atom stereocenters. The fourth-order valence-corrected chi connectivity index (χ4v) is 4.56. The molecule has 29 heavy (non-hydrogen) atoms. The van der Waals surface area contributed by atoms with Gasteiger partial charge < -0.3 is 4.74 Å². The molecule has 1 aliphatic carbocycles. The number of rotatable bonds is 8.